The molecule has 0 saturated heterocycles. The third-order valence-electron chi connectivity index (χ3n) is 2.98. The number of nitrogens with one attached hydrogen (secondary N) is 1. The summed E-state index contributed by atoms with van der Waals surface area (Å²) in [5.41, 5.74) is 1.99. The first kappa shape index (κ1) is 14.0. The quantitative estimate of drug-likeness (QED) is 0.768. The van der Waals surface area contributed by atoms with E-state index in [0.717, 1.165) is 16.0 Å². The Bertz CT molecular complexity index is 741. The number of methoxy groups -OCH3 is 1. The average Bonchev–Trinajstić information content (AvgIpc) is 2.95. The van der Waals surface area contributed by atoms with E-state index in [1.165, 1.54) is 11.9 Å². The molecule has 7 heteroatoms. The second-order valence-electron chi connectivity index (χ2n) is 4.52. The van der Waals surface area contributed by atoms with Crippen molar-refractivity contribution in [2.24, 2.45) is 0 Å². The van der Waals surface area contributed by atoms with Crippen LogP contribution in [0.25, 0.3) is 5.78 Å². The van der Waals surface area contributed by atoms with Crippen LogP contribution in [0.4, 0.5) is 5.82 Å². The molecule has 0 amide bonds. The summed E-state index contributed by atoms with van der Waals surface area (Å²) < 4.78 is 7.88. The molecule has 0 aliphatic heterocycles. The lowest BCUT2D eigenvalue weighted by Gasteiger charge is -2.09. The van der Waals surface area contributed by atoms with E-state index in [1.54, 1.807) is 11.6 Å². The maximum Gasteiger partial charge on any atom is 0.254 e. The average molecular weight is 348 g/mol. The maximum absolute atomic E-state index is 5.13. The molecule has 3 rings (SSSR count). The normalized spacial score (nSPS) is 11.0. The number of fused-ring (bicyclic) bond motifs is 1. The summed E-state index contributed by atoms with van der Waals surface area (Å²) in [6.45, 7) is 1.13. The third-order valence-corrected chi connectivity index (χ3v) is 3.51. The van der Waals surface area contributed by atoms with Crippen molar-refractivity contribution in [1.82, 2.24) is 19.6 Å². The summed E-state index contributed by atoms with van der Waals surface area (Å²) in [4.78, 5) is 8.50. The van der Waals surface area contributed by atoms with E-state index in [4.69, 9.17) is 4.74 Å². The molecule has 1 aromatic carbocycles. The molecule has 3 aromatic rings. The number of hydrogen-bond acceptors (Lipinski definition) is 5. The summed E-state index contributed by atoms with van der Waals surface area (Å²) >= 11 is 3.43. The Labute approximate surface area is 130 Å². The predicted molar refractivity (Wildman–Crippen MR) is 83.0 cm³/mol. The van der Waals surface area contributed by atoms with Gasteiger partial charge in [0.05, 0.1) is 12.3 Å². The summed E-state index contributed by atoms with van der Waals surface area (Å²) in [5.74, 6) is 1.40. The van der Waals surface area contributed by atoms with E-state index >= 15 is 0 Å². The zero-order chi connectivity index (χ0) is 14.7. The van der Waals surface area contributed by atoms with Gasteiger partial charge in [-0.2, -0.15) is 14.6 Å². The van der Waals surface area contributed by atoms with Crippen LogP contribution in [0.1, 0.15) is 11.3 Å². The van der Waals surface area contributed by atoms with E-state index in [1.807, 2.05) is 18.2 Å². The smallest absolute Gasteiger partial charge is 0.254 e. The Kier molecular flexibility index (Phi) is 4.12. The van der Waals surface area contributed by atoms with Crippen molar-refractivity contribution in [3.63, 3.8) is 0 Å². The number of benzene rings is 1. The molecule has 0 saturated carbocycles. The summed E-state index contributed by atoms with van der Waals surface area (Å²) in [5, 5.41) is 7.54. The Morgan fingerprint density at radius 1 is 1.29 bits per heavy atom. The minimum Gasteiger partial charge on any atom is -0.378 e. The van der Waals surface area contributed by atoms with Crippen molar-refractivity contribution < 1.29 is 4.74 Å². The van der Waals surface area contributed by atoms with Crippen LogP contribution in [-0.4, -0.2) is 26.7 Å². The standard InChI is InChI=1S/C14H14BrN5O/c1-21-8-12-6-13(20-14(19-12)17-9-18-20)16-7-10-2-4-11(15)5-3-10/h2-6,9,16H,7-8H2,1H3. The van der Waals surface area contributed by atoms with Gasteiger partial charge in [-0.1, -0.05) is 28.1 Å². The van der Waals surface area contributed by atoms with Crippen LogP contribution < -0.4 is 5.32 Å². The number of ether oxygens (including phenoxy) is 1. The lowest BCUT2D eigenvalue weighted by molar-refractivity contribution is 0.181. The first-order chi connectivity index (χ1) is 10.3. The van der Waals surface area contributed by atoms with Crippen LogP contribution in [0.5, 0.6) is 0 Å². The lowest BCUT2D eigenvalue weighted by atomic mass is 10.2. The zero-order valence-electron chi connectivity index (χ0n) is 11.5. The fourth-order valence-corrected chi connectivity index (χ4v) is 2.27. The highest BCUT2D eigenvalue weighted by molar-refractivity contribution is 9.10. The molecule has 0 fully saturated rings. The van der Waals surface area contributed by atoms with Gasteiger partial charge in [0.2, 0.25) is 0 Å². The molecule has 0 unspecified atom stereocenters. The molecule has 21 heavy (non-hydrogen) atoms. The van der Waals surface area contributed by atoms with Crippen molar-refractivity contribution in [2.75, 3.05) is 12.4 Å². The van der Waals surface area contributed by atoms with E-state index in [-0.39, 0.29) is 0 Å². The van der Waals surface area contributed by atoms with E-state index < -0.39 is 0 Å². The number of halogens is 1. The highest BCUT2D eigenvalue weighted by Crippen LogP contribution is 2.15. The first-order valence-corrected chi connectivity index (χ1v) is 7.22. The summed E-state index contributed by atoms with van der Waals surface area (Å²) in [7, 11) is 1.64. The third kappa shape index (κ3) is 3.20. The topological polar surface area (TPSA) is 64.3 Å². The van der Waals surface area contributed by atoms with Crippen molar-refractivity contribution in [1.29, 1.82) is 0 Å². The van der Waals surface area contributed by atoms with E-state index in [9.17, 15) is 0 Å². The molecule has 2 heterocycles. The highest BCUT2D eigenvalue weighted by Gasteiger charge is 2.07. The molecule has 0 spiro atoms. The largest absolute Gasteiger partial charge is 0.378 e. The molecule has 0 aliphatic rings. The number of aromatic nitrogens is 4. The molecule has 1 N–H and O–H groups in total. The second-order valence-corrected chi connectivity index (χ2v) is 5.43. The molecule has 2 aromatic heterocycles. The van der Waals surface area contributed by atoms with Gasteiger partial charge in [-0.15, -0.1) is 0 Å². The van der Waals surface area contributed by atoms with Crippen LogP contribution in [0, 0.1) is 0 Å². The summed E-state index contributed by atoms with van der Waals surface area (Å²) in [6.07, 6.45) is 1.49. The van der Waals surface area contributed by atoms with Gasteiger partial charge in [0, 0.05) is 24.2 Å². The van der Waals surface area contributed by atoms with E-state index in [2.05, 4.69) is 48.4 Å². The van der Waals surface area contributed by atoms with E-state index in [0.29, 0.717) is 18.9 Å². The molecule has 0 atom stereocenters. The molecule has 108 valence electrons. The molecular weight excluding hydrogens is 334 g/mol. The predicted octanol–water partition coefficient (Wildman–Crippen LogP) is 2.65. The molecule has 0 radical (unpaired) electrons. The molecule has 6 nitrogen and oxygen atoms in total. The number of nitrogens with zero attached hydrogens (tertiary/aromatic N) is 4. The monoisotopic (exact) mass is 347 g/mol. The summed E-state index contributed by atoms with van der Waals surface area (Å²) in [6, 6.07) is 10.1. The van der Waals surface area contributed by atoms with Crippen LogP contribution in [0.2, 0.25) is 0 Å². The van der Waals surface area contributed by atoms with Crippen molar-refractivity contribution in [2.45, 2.75) is 13.2 Å². The van der Waals surface area contributed by atoms with Crippen molar-refractivity contribution in [3.8, 4) is 0 Å². The second kappa shape index (κ2) is 6.19. The SMILES string of the molecule is COCc1cc(NCc2ccc(Br)cc2)n2ncnc2n1. The highest BCUT2D eigenvalue weighted by atomic mass is 79.9. The first-order valence-electron chi connectivity index (χ1n) is 6.43. The van der Waals surface area contributed by atoms with Crippen molar-refractivity contribution in [3.05, 3.63) is 52.4 Å². The molecule has 0 aliphatic carbocycles. The van der Waals surface area contributed by atoms with Crippen LogP contribution in [0.15, 0.2) is 41.1 Å². The van der Waals surface area contributed by atoms with Gasteiger partial charge in [-0.05, 0) is 17.7 Å². The van der Waals surface area contributed by atoms with Gasteiger partial charge in [-0.3, -0.25) is 0 Å². The number of anilines is 1. The van der Waals surface area contributed by atoms with Gasteiger partial charge in [0.1, 0.15) is 12.1 Å². The Morgan fingerprint density at radius 3 is 2.86 bits per heavy atom. The molecule has 0 bridgehead atoms. The van der Waals surface area contributed by atoms with Crippen LogP contribution in [0.3, 0.4) is 0 Å². The Balaban J connectivity index is 1.84. The van der Waals surface area contributed by atoms with Crippen LogP contribution in [-0.2, 0) is 17.9 Å². The van der Waals surface area contributed by atoms with Crippen molar-refractivity contribution >= 4 is 27.5 Å². The van der Waals surface area contributed by atoms with Gasteiger partial charge in [0.15, 0.2) is 0 Å². The number of hydrogen-bond donors (Lipinski definition) is 1. The zero-order valence-corrected chi connectivity index (χ0v) is 13.0. The fourth-order valence-electron chi connectivity index (χ4n) is 2.00. The number of rotatable bonds is 5. The minimum atomic E-state index is 0.441. The Hall–Kier alpha value is -1.99. The van der Waals surface area contributed by atoms with Gasteiger partial charge in [-0.25, -0.2) is 4.98 Å². The Morgan fingerprint density at radius 2 is 2.10 bits per heavy atom. The lowest BCUT2D eigenvalue weighted by Crippen LogP contribution is -2.08. The van der Waals surface area contributed by atoms with Gasteiger partial charge in [0.25, 0.3) is 5.78 Å². The van der Waals surface area contributed by atoms with Crippen LogP contribution >= 0.6 is 15.9 Å². The molecular formula is C14H14BrN5O. The maximum atomic E-state index is 5.13. The minimum absolute atomic E-state index is 0.441. The fraction of sp³-hybridized carbons (Fsp3) is 0.214. The van der Waals surface area contributed by atoms with Gasteiger partial charge < -0.3 is 10.1 Å². The van der Waals surface area contributed by atoms with Gasteiger partial charge >= 0.3 is 0 Å².